The largest absolute Gasteiger partial charge is 0.326 e. The maximum atomic E-state index is 12.6. The topological polar surface area (TPSA) is 70.1 Å². The van der Waals surface area contributed by atoms with Crippen molar-refractivity contribution in [3.63, 3.8) is 0 Å². The lowest BCUT2D eigenvalue weighted by molar-refractivity contribution is 0.0649. The molecule has 1 aromatic carbocycles. The number of halogens is 1. The first kappa shape index (κ1) is 20.7. The summed E-state index contributed by atoms with van der Waals surface area (Å²) >= 11 is 6.09. The van der Waals surface area contributed by atoms with Gasteiger partial charge in [0.25, 0.3) is 0 Å². The van der Waals surface area contributed by atoms with Crippen LogP contribution in [0.2, 0.25) is 5.02 Å². The summed E-state index contributed by atoms with van der Waals surface area (Å²) in [6.07, 6.45) is 9.75. The Bertz CT molecular complexity index is 1080. The van der Waals surface area contributed by atoms with Gasteiger partial charge in [-0.15, -0.1) is 0 Å². The maximum Gasteiger partial charge on any atom is 0.326 e. The van der Waals surface area contributed by atoms with Gasteiger partial charge in [-0.1, -0.05) is 11.6 Å². The Morgan fingerprint density at radius 2 is 1.81 bits per heavy atom. The Balaban J connectivity index is 1.19. The molecule has 8 heteroatoms. The van der Waals surface area contributed by atoms with Crippen molar-refractivity contribution in [3.8, 4) is 0 Å². The average Bonchev–Trinajstić information content (AvgIpc) is 3.14. The van der Waals surface area contributed by atoms with Gasteiger partial charge in [-0.25, -0.2) is 4.79 Å². The molecule has 0 amide bonds. The number of imidazole rings is 1. The third-order valence-electron chi connectivity index (χ3n) is 7.12. The highest BCUT2D eigenvalue weighted by atomic mass is 35.5. The highest BCUT2D eigenvalue weighted by molar-refractivity contribution is 6.31. The van der Waals surface area contributed by atoms with Crippen molar-refractivity contribution in [2.45, 2.75) is 50.7 Å². The van der Waals surface area contributed by atoms with E-state index < -0.39 is 0 Å². The van der Waals surface area contributed by atoms with Crippen molar-refractivity contribution in [2.24, 2.45) is 0 Å². The standard InChI is InChI=1S/C23H29ClN6O/c1-16(21-15-25-8-9-26-21)28-10-4-18(5-11-28)29-12-6-19(7-13-29)30-22-3-2-17(24)14-20(22)27-23(30)31/h2-3,8-9,14-16,18-19H,4-7,10-13H2,1H3,(H,27,31). The zero-order valence-corrected chi connectivity index (χ0v) is 18.6. The maximum absolute atomic E-state index is 12.6. The van der Waals surface area contributed by atoms with Crippen molar-refractivity contribution in [1.29, 1.82) is 0 Å². The van der Waals surface area contributed by atoms with Crippen molar-refractivity contribution in [2.75, 3.05) is 26.2 Å². The lowest BCUT2D eigenvalue weighted by Crippen LogP contribution is -2.48. The molecule has 3 aromatic rings. The van der Waals surface area contributed by atoms with E-state index in [1.807, 2.05) is 29.0 Å². The van der Waals surface area contributed by atoms with Gasteiger partial charge in [0.05, 0.1) is 22.8 Å². The van der Waals surface area contributed by atoms with Crippen LogP contribution in [0.25, 0.3) is 11.0 Å². The van der Waals surface area contributed by atoms with Gasteiger partial charge in [-0.2, -0.15) is 0 Å². The lowest BCUT2D eigenvalue weighted by Gasteiger charge is -2.43. The van der Waals surface area contributed by atoms with Crippen LogP contribution in [0.4, 0.5) is 0 Å². The second-order valence-electron chi connectivity index (χ2n) is 8.80. The van der Waals surface area contributed by atoms with E-state index in [-0.39, 0.29) is 11.7 Å². The van der Waals surface area contributed by atoms with E-state index in [1.54, 1.807) is 12.4 Å². The van der Waals surface area contributed by atoms with Gasteiger partial charge >= 0.3 is 5.69 Å². The minimum atomic E-state index is -0.0259. The third-order valence-corrected chi connectivity index (χ3v) is 7.35. The first-order valence-corrected chi connectivity index (χ1v) is 11.6. The van der Waals surface area contributed by atoms with Crippen LogP contribution in [-0.2, 0) is 0 Å². The fourth-order valence-corrected chi connectivity index (χ4v) is 5.50. The summed E-state index contributed by atoms with van der Waals surface area (Å²) < 4.78 is 1.94. The molecule has 2 saturated heterocycles. The Morgan fingerprint density at radius 1 is 1.06 bits per heavy atom. The molecule has 2 aliphatic heterocycles. The van der Waals surface area contributed by atoms with Gasteiger partial charge in [0.2, 0.25) is 0 Å². The SMILES string of the molecule is CC(c1cnccn1)N1CCC(N2CCC(n3c(=O)[nH]c4cc(Cl)ccc43)CC2)CC1. The van der Waals surface area contributed by atoms with Crippen LogP contribution in [-0.4, -0.2) is 61.5 Å². The number of hydrogen-bond acceptors (Lipinski definition) is 5. The van der Waals surface area contributed by atoms with Crippen LogP contribution in [0.1, 0.15) is 50.4 Å². The molecule has 31 heavy (non-hydrogen) atoms. The highest BCUT2D eigenvalue weighted by Crippen LogP contribution is 2.30. The van der Waals surface area contributed by atoms with Gasteiger partial charge in [0.15, 0.2) is 0 Å². The van der Waals surface area contributed by atoms with Crippen LogP contribution in [0, 0.1) is 0 Å². The normalized spacial score (nSPS) is 21.0. The molecule has 1 N–H and O–H groups in total. The summed E-state index contributed by atoms with van der Waals surface area (Å²) in [5.41, 5.74) is 2.80. The molecule has 1 unspecified atom stereocenters. The van der Waals surface area contributed by atoms with Crippen LogP contribution in [0.5, 0.6) is 0 Å². The molecular weight excluding hydrogens is 412 g/mol. The van der Waals surface area contributed by atoms with E-state index in [0.29, 0.717) is 17.1 Å². The van der Waals surface area contributed by atoms with Crippen molar-refractivity contribution < 1.29 is 0 Å². The van der Waals surface area contributed by atoms with E-state index in [1.165, 1.54) is 12.8 Å². The van der Waals surface area contributed by atoms with E-state index in [4.69, 9.17) is 11.6 Å². The fourth-order valence-electron chi connectivity index (χ4n) is 5.33. The molecule has 7 nitrogen and oxygen atoms in total. The molecule has 5 rings (SSSR count). The number of nitrogens with zero attached hydrogens (tertiary/aromatic N) is 5. The Kier molecular flexibility index (Phi) is 5.82. The van der Waals surface area contributed by atoms with E-state index in [0.717, 1.165) is 55.7 Å². The fraction of sp³-hybridized carbons (Fsp3) is 0.522. The summed E-state index contributed by atoms with van der Waals surface area (Å²) in [5, 5.41) is 0.649. The van der Waals surface area contributed by atoms with E-state index in [2.05, 4.69) is 31.7 Å². The van der Waals surface area contributed by atoms with Crippen LogP contribution in [0.15, 0.2) is 41.6 Å². The number of H-pyrrole nitrogens is 1. The summed E-state index contributed by atoms with van der Waals surface area (Å²) in [7, 11) is 0. The molecule has 0 saturated carbocycles. The number of benzene rings is 1. The second-order valence-corrected chi connectivity index (χ2v) is 9.24. The number of hydrogen-bond donors (Lipinski definition) is 1. The highest BCUT2D eigenvalue weighted by Gasteiger charge is 2.31. The molecule has 2 aliphatic rings. The Morgan fingerprint density at radius 3 is 2.52 bits per heavy atom. The molecule has 0 spiro atoms. The molecule has 0 radical (unpaired) electrons. The minimum absolute atomic E-state index is 0.0259. The van der Waals surface area contributed by atoms with Gasteiger partial charge < -0.3 is 9.88 Å². The monoisotopic (exact) mass is 440 g/mol. The molecular formula is C23H29ClN6O. The molecule has 0 bridgehead atoms. The summed E-state index contributed by atoms with van der Waals surface area (Å²) in [4.78, 5) is 29.4. The van der Waals surface area contributed by atoms with Crippen LogP contribution in [0.3, 0.4) is 0 Å². The van der Waals surface area contributed by atoms with Crippen molar-refractivity contribution >= 4 is 22.6 Å². The van der Waals surface area contributed by atoms with Gasteiger partial charge in [0, 0.05) is 61.9 Å². The first-order chi connectivity index (χ1) is 15.1. The predicted molar refractivity (Wildman–Crippen MR) is 122 cm³/mol. The third kappa shape index (κ3) is 4.14. The van der Waals surface area contributed by atoms with E-state index in [9.17, 15) is 4.79 Å². The number of likely N-dealkylation sites (tertiary alicyclic amines) is 2. The quantitative estimate of drug-likeness (QED) is 0.670. The van der Waals surface area contributed by atoms with Crippen LogP contribution >= 0.6 is 11.6 Å². The predicted octanol–water partition coefficient (Wildman–Crippen LogP) is 3.64. The van der Waals surface area contributed by atoms with Crippen molar-refractivity contribution in [3.05, 3.63) is 58.0 Å². The summed E-state index contributed by atoms with van der Waals surface area (Å²) in [6, 6.07) is 6.83. The smallest absolute Gasteiger partial charge is 0.305 e. The number of piperidine rings is 2. The van der Waals surface area contributed by atoms with Gasteiger partial charge in [-0.05, 0) is 50.8 Å². The number of fused-ring (bicyclic) bond motifs is 1. The first-order valence-electron chi connectivity index (χ1n) is 11.2. The van der Waals surface area contributed by atoms with Crippen molar-refractivity contribution in [1.82, 2.24) is 29.3 Å². The second kappa shape index (κ2) is 8.73. The number of rotatable bonds is 4. The number of aromatic amines is 1. The van der Waals surface area contributed by atoms with Gasteiger partial charge in [0.1, 0.15) is 0 Å². The zero-order chi connectivity index (χ0) is 21.4. The lowest BCUT2D eigenvalue weighted by atomic mass is 9.96. The Hall–Kier alpha value is -2.22. The molecule has 164 valence electrons. The molecule has 4 heterocycles. The number of nitrogens with one attached hydrogen (secondary N) is 1. The number of aromatic nitrogens is 4. The minimum Gasteiger partial charge on any atom is -0.305 e. The molecule has 2 fully saturated rings. The Labute approximate surface area is 187 Å². The van der Waals surface area contributed by atoms with E-state index >= 15 is 0 Å². The molecule has 0 aliphatic carbocycles. The molecule has 2 aromatic heterocycles. The summed E-state index contributed by atoms with van der Waals surface area (Å²) in [6.45, 7) is 6.49. The summed E-state index contributed by atoms with van der Waals surface area (Å²) in [5.74, 6) is 0. The van der Waals surface area contributed by atoms with Gasteiger partial charge in [-0.3, -0.25) is 19.4 Å². The molecule has 1 atom stereocenters. The average molecular weight is 441 g/mol. The zero-order valence-electron chi connectivity index (χ0n) is 17.9. The van der Waals surface area contributed by atoms with Crippen LogP contribution < -0.4 is 5.69 Å².